The topological polar surface area (TPSA) is 78.5 Å². The number of hydrogen-bond acceptors (Lipinski definition) is 5. The minimum atomic E-state index is 0.399. The van der Waals surface area contributed by atoms with Crippen molar-refractivity contribution in [2.45, 2.75) is 17.6 Å². The van der Waals surface area contributed by atoms with E-state index in [-0.39, 0.29) is 0 Å². The summed E-state index contributed by atoms with van der Waals surface area (Å²) in [6.45, 7) is 2.06. The Balaban J connectivity index is 1.69. The van der Waals surface area contributed by atoms with Crippen LogP contribution in [0.1, 0.15) is 17.1 Å². The Kier molecular flexibility index (Phi) is 3.75. The number of benzene rings is 1. The largest absolute Gasteiger partial charge is 0.342 e. The Morgan fingerprint density at radius 3 is 3.00 bits per heavy atom. The van der Waals surface area contributed by atoms with Gasteiger partial charge in [0, 0.05) is 4.90 Å². The van der Waals surface area contributed by atoms with Crippen LogP contribution in [0.4, 0.5) is 0 Å². The molecule has 0 aliphatic carbocycles. The summed E-state index contributed by atoms with van der Waals surface area (Å²) in [4.78, 5) is 8.41. The molecule has 6 heteroatoms. The highest BCUT2D eigenvalue weighted by Gasteiger charge is 2.11. The van der Waals surface area contributed by atoms with Gasteiger partial charge in [-0.05, 0) is 31.2 Å². The number of rotatable bonds is 4. The summed E-state index contributed by atoms with van der Waals surface area (Å²) < 4.78 is 5.21. The molecule has 0 amide bonds. The van der Waals surface area contributed by atoms with Gasteiger partial charge in [-0.15, -0.1) is 11.8 Å². The number of aryl methyl sites for hydroxylation is 1. The number of nitriles is 1. The number of thioether (sulfide) groups is 1. The van der Waals surface area contributed by atoms with Crippen molar-refractivity contribution in [1.29, 1.82) is 5.26 Å². The highest BCUT2D eigenvalue weighted by Crippen LogP contribution is 2.23. The molecule has 5 nitrogen and oxygen atoms in total. The fourth-order valence-corrected chi connectivity index (χ4v) is 2.72. The van der Waals surface area contributed by atoms with E-state index in [0.717, 1.165) is 0 Å². The van der Waals surface area contributed by atoms with Crippen molar-refractivity contribution in [3.63, 3.8) is 0 Å². The molecule has 0 radical (unpaired) electrons. The Morgan fingerprint density at radius 1 is 1.33 bits per heavy atom. The van der Waals surface area contributed by atoms with Crippen LogP contribution in [0.5, 0.6) is 0 Å². The molecule has 2 aromatic heterocycles. The lowest BCUT2D eigenvalue weighted by molar-refractivity contribution is 0.424. The zero-order valence-electron chi connectivity index (χ0n) is 11.3. The van der Waals surface area contributed by atoms with E-state index in [0.29, 0.717) is 28.9 Å². The van der Waals surface area contributed by atoms with Crippen LogP contribution in [0.3, 0.4) is 0 Å². The van der Waals surface area contributed by atoms with Gasteiger partial charge >= 0.3 is 0 Å². The second-order valence-corrected chi connectivity index (χ2v) is 5.57. The standard InChI is InChI=1S/C15H12N4OS/c1-10-3-2-4-12(7-10)21-9-14-18-15(20-19-14)13-6-5-11(8-16)17-13/h2-7,17H,9H2,1H3. The van der Waals surface area contributed by atoms with Crippen molar-refractivity contribution in [2.24, 2.45) is 0 Å². The van der Waals surface area contributed by atoms with E-state index in [9.17, 15) is 0 Å². The summed E-state index contributed by atoms with van der Waals surface area (Å²) in [6.07, 6.45) is 0. The van der Waals surface area contributed by atoms with E-state index in [1.165, 1.54) is 10.5 Å². The Morgan fingerprint density at radius 2 is 2.24 bits per heavy atom. The lowest BCUT2D eigenvalue weighted by Gasteiger charge is -1.99. The van der Waals surface area contributed by atoms with Crippen LogP contribution in [0.25, 0.3) is 11.6 Å². The number of aromatic nitrogens is 3. The molecule has 0 aliphatic rings. The van der Waals surface area contributed by atoms with E-state index in [2.05, 4.69) is 40.2 Å². The monoisotopic (exact) mass is 296 g/mol. The molecule has 21 heavy (non-hydrogen) atoms. The first-order valence-corrected chi connectivity index (χ1v) is 7.35. The van der Waals surface area contributed by atoms with Gasteiger partial charge in [0.25, 0.3) is 5.89 Å². The highest BCUT2D eigenvalue weighted by atomic mass is 32.2. The number of nitrogens with one attached hydrogen (secondary N) is 1. The Labute approximate surface area is 126 Å². The van der Waals surface area contributed by atoms with Gasteiger partial charge in [0.15, 0.2) is 5.82 Å². The molecule has 0 saturated carbocycles. The van der Waals surface area contributed by atoms with E-state index in [1.54, 1.807) is 23.9 Å². The van der Waals surface area contributed by atoms with Gasteiger partial charge in [-0.25, -0.2) is 0 Å². The molecule has 3 rings (SSSR count). The van der Waals surface area contributed by atoms with Gasteiger partial charge in [-0.2, -0.15) is 10.2 Å². The molecule has 0 aliphatic heterocycles. The molecule has 104 valence electrons. The molecule has 0 unspecified atom stereocenters. The minimum Gasteiger partial charge on any atom is -0.342 e. The quantitative estimate of drug-likeness (QED) is 0.745. The molecule has 3 aromatic rings. The first kappa shape index (κ1) is 13.5. The summed E-state index contributed by atoms with van der Waals surface area (Å²) in [6, 6.07) is 13.7. The minimum absolute atomic E-state index is 0.399. The van der Waals surface area contributed by atoms with Crippen LogP contribution in [-0.4, -0.2) is 15.1 Å². The van der Waals surface area contributed by atoms with Crippen molar-refractivity contribution >= 4 is 11.8 Å². The third-order valence-electron chi connectivity index (χ3n) is 2.86. The van der Waals surface area contributed by atoms with Crippen LogP contribution in [0.2, 0.25) is 0 Å². The maximum absolute atomic E-state index is 8.78. The van der Waals surface area contributed by atoms with E-state index in [4.69, 9.17) is 9.78 Å². The van der Waals surface area contributed by atoms with Crippen LogP contribution in [0.15, 0.2) is 45.8 Å². The predicted octanol–water partition coefficient (Wildman–Crippen LogP) is 3.54. The maximum atomic E-state index is 8.78. The van der Waals surface area contributed by atoms with Crippen molar-refractivity contribution in [3.05, 3.63) is 53.5 Å². The molecule has 0 spiro atoms. The van der Waals surface area contributed by atoms with Crippen molar-refractivity contribution < 1.29 is 4.52 Å². The van der Waals surface area contributed by atoms with Gasteiger partial charge in [0.1, 0.15) is 17.5 Å². The van der Waals surface area contributed by atoms with Gasteiger partial charge in [0.05, 0.1) is 5.75 Å². The van der Waals surface area contributed by atoms with Crippen LogP contribution in [0, 0.1) is 18.3 Å². The van der Waals surface area contributed by atoms with Crippen molar-refractivity contribution in [1.82, 2.24) is 15.1 Å². The third-order valence-corrected chi connectivity index (χ3v) is 3.85. The first-order chi connectivity index (χ1) is 10.2. The number of aromatic amines is 1. The molecule has 2 heterocycles. The highest BCUT2D eigenvalue weighted by molar-refractivity contribution is 7.98. The maximum Gasteiger partial charge on any atom is 0.274 e. The molecule has 0 fully saturated rings. The predicted molar refractivity (Wildman–Crippen MR) is 79.5 cm³/mol. The van der Waals surface area contributed by atoms with Gasteiger partial charge < -0.3 is 9.51 Å². The molecule has 0 atom stereocenters. The zero-order chi connectivity index (χ0) is 14.7. The van der Waals surface area contributed by atoms with Gasteiger partial charge in [-0.3, -0.25) is 0 Å². The zero-order valence-corrected chi connectivity index (χ0v) is 12.1. The Bertz CT molecular complexity index is 800. The summed E-state index contributed by atoms with van der Waals surface area (Å²) in [5, 5.41) is 12.7. The SMILES string of the molecule is Cc1cccc(SCc2noc(-c3ccc(C#N)[nH]3)n2)c1. The molecule has 1 aromatic carbocycles. The van der Waals surface area contributed by atoms with Crippen LogP contribution < -0.4 is 0 Å². The number of nitrogens with zero attached hydrogens (tertiary/aromatic N) is 3. The molecular weight excluding hydrogens is 284 g/mol. The molecule has 0 saturated heterocycles. The molecule has 1 N–H and O–H groups in total. The van der Waals surface area contributed by atoms with Gasteiger partial charge in [0.2, 0.25) is 0 Å². The normalized spacial score (nSPS) is 10.5. The van der Waals surface area contributed by atoms with E-state index >= 15 is 0 Å². The molecular formula is C15H12N4OS. The number of H-pyrrole nitrogens is 1. The Hall–Kier alpha value is -2.52. The second-order valence-electron chi connectivity index (χ2n) is 4.52. The van der Waals surface area contributed by atoms with E-state index < -0.39 is 0 Å². The summed E-state index contributed by atoms with van der Waals surface area (Å²) in [5.41, 5.74) is 2.36. The van der Waals surface area contributed by atoms with E-state index in [1.807, 2.05) is 12.1 Å². The average molecular weight is 296 g/mol. The summed E-state index contributed by atoms with van der Waals surface area (Å²) >= 11 is 1.66. The third kappa shape index (κ3) is 3.15. The first-order valence-electron chi connectivity index (χ1n) is 6.36. The lowest BCUT2D eigenvalue weighted by Crippen LogP contribution is -1.85. The summed E-state index contributed by atoms with van der Waals surface area (Å²) in [7, 11) is 0. The average Bonchev–Trinajstić information content (AvgIpc) is 3.14. The van der Waals surface area contributed by atoms with Crippen molar-refractivity contribution in [3.8, 4) is 17.7 Å². The van der Waals surface area contributed by atoms with Crippen LogP contribution >= 0.6 is 11.8 Å². The molecule has 0 bridgehead atoms. The summed E-state index contributed by atoms with van der Waals surface area (Å²) in [5.74, 6) is 1.67. The number of hydrogen-bond donors (Lipinski definition) is 1. The second kappa shape index (κ2) is 5.85. The van der Waals surface area contributed by atoms with Crippen molar-refractivity contribution in [2.75, 3.05) is 0 Å². The van der Waals surface area contributed by atoms with Gasteiger partial charge in [-0.1, -0.05) is 22.9 Å². The smallest absolute Gasteiger partial charge is 0.274 e. The lowest BCUT2D eigenvalue weighted by atomic mass is 10.2. The van der Waals surface area contributed by atoms with Crippen LogP contribution in [-0.2, 0) is 5.75 Å². The fraction of sp³-hybridized carbons (Fsp3) is 0.133. The fourth-order valence-electron chi connectivity index (χ4n) is 1.86.